The van der Waals surface area contributed by atoms with Gasteiger partial charge >= 0.3 is 0 Å². The van der Waals surface area contributed by atoms with Crippen LogP contribution in [0.25, 0.3) is 0 Å². The first-order valence-corrected chi connectivity index (χ1v) is 8.73. The van der Waals surface area contributed by atoms with Gasteiger partial charge in [-0.2, -0.15) is 0 Å². The minimum atomic E-state index is -3.76. The monoisotopic (exact) mass is 341 g/mol. The summed E-state index contributed by atoms with van der Waals surface area (Å²) < 4.78 is 27.5. The minimum absolute atomic E-state index is 0.0376. The predicted octanol–water partition coefficient (Wildman–Crippen LogP) is -0.502. The lowest BCUT2D eigenvalue weighted by Gasteiger charge is -2.15. The molecule has 1 saturated heterocycles. The summed E-state index contributed by atoms with van der Waals surface area (Å²) in [6, 6.07) is 4.86. The molecule has 8 nitrogen and oxygen atoms in total. The summed E-state index contributed by atoms with van der Waals surface area (Å²) in [6.45, 7) is 0.358. The molecule has 9 heteroatoms. The first-order chi connectivity index (χ1) is 10.9. The Hall–Kier alpha value is -2.13. The lowest BCUT2D eigenvalue weighted by Crippen LogP contribution is -2.46. The Bertz CT molecular complexity index is 672. The van der Waals surface area contributed by atoms with E-state index in [1.807, 2.05) is 0 Å². The van der Waals surface area contributed by atoms with Crippen LogP contribution in [0.1, 0.15) is 19.3 Å². The SMILES string of the molecule is NS(=O)(=O)c1ccc(OCC(=O)N[C@H]2CCCCNC2=O)cc1. The first kappa shape index (κ1) is 17.2. The molecule has 23 heavy (non-hydrogen) atoms. The molecule has 0 aromatic heterocycles. The third-order valence-corrected chi connectivity index (χ3v) is 4.32. The molecular formula is C14H19N3O5S. The molecule has 1 fully saturated rings. The molecule has 0 aliphatic carbocycles. The van der Waals surface area contributed by atoms with Crippen molar-refractivity contribution in [3.63, 3.8) is 0 Å². The molecule has 1 aromatic rings. The summed E-state index contributed by atoms with van der Waals surface area (Å²) in [4.78, 5) is 23.5. The summed E-state index contributed by atoms with van der Waals surface area (Å²) in [6.07, 6.45) is 2.35. The molecule has 0 radical (unpaired) electrons. The lowest BCUT2D eigenvalue weighted by molar-refractivity contribution is -0.129. The normalized spacial score (nSPS) is 18.7. The van der Waals surface area contributed by atoms with Crippen molar-refractivity contribution in [1.29, 1.82) is 0 Å². The molecule has 4 N–H and O–H groups in total. The van der Waals surface area contributed by atoms with Crippen LogP contribution in [-0.4, -0.2) is 39.4 Å². The van der Waals surface area contributed by atoms with Crippen LogP contribution in [0.4, 0.5) is 0 Å². The number of primary sulfonamides is 1. The zero-order valence-corrected chi connectivity index (χ0v) is 13.3. The highest BCUT2D eigenvalue weighted by atomic mass is 32.2. The third kappa shape index (κ3) is 5.22. The van der Waals surface area contributed by atoms with Gasteiger partial charge in [0.1, 0.15) is 11.8 Å². The Morgan fingerprint density at radius 3 is 2.65 bits per heavy atom. The maximum Gasteiger partial charge on any atom is 0.258 e. The second-order valence-electron chi connectivity index (χ2n) is 5.21. The number of carbonyl (C=O) groups is 2. The van der Waals surface area contributed by atoms with Gasteiger partial charge in [0.25, 0.3) is 5.91 Å². The standard InChI is InChI=1S/C14H19N3O5S/c15-23(20,21)11-6-4-10(5-7-11)22-9-13(18)17-12-3-1-2-8-16-14(12)19/h4-7,12H,1-3,8-9H2,(H,16,19)(H,17,18)(H2,15,20,21)/t12-/m0/s1. The van der Waals surface area contributed by atoms with Crippen LogP contribution in [0.2, 0.25) is 0 Å². The fraction of sp³-hybridized carbons (Fsp3) is 0.429. The fourth-order valence-electron chi connectivity index (χ4n) is 2.19. The van der Waals surface area contributed by atoms with Crippen LogP contribution in [-0.2, 0) is 19.6 Å². The van der Waals surface area contributed by atoms with E-state index in [1.165, 1.54) is 24.3 Å². The summed E-state index contributed by atoms with van der Waals surface area (Å²) in [7, 11) is -3.76. The van der Waals surface area contributed by atoms with Gasteiger partial charge in [-0.05, 0) is 43.5 Å². The van der Waals surface area contributed by atoms with Crippen molar-refractivity contribution in [2.75, 3.05) is 13.2 Å². The molecule has 1 aliphatic rings. The second-order valence-corrected chi connectivity index (χ2v) is 6.77. The van der Waals surface area contributed by atoms with Crippen LogP contribution < -0.4 is 20.5 Å². The molecule has 1 heterocycles. The number of ether oxygens (including phenoxy) is 1. The Morgan fingerprint density at radius 2 is 2.00 bits per heavy atom. The van der Waals surface area contributed by atoms with E-state index in [4.69, 9.17) is 9.88 Å². The summed E-state index contributed by atoms with van der Waals surface area (Å²) in [5.74, 6) is -0.270. The van der Waals surface area contributed by atoms with E-state index >= 15 is 0 Å². The van der Waals surface area contributed by atoms with Crippen LogP contribution in [0, 0.1) is 0 Å². The number of sulfonamides is 1. The summed E-state index contributed by atoms with van der Waals surface area (Å²) >= 11 is 0. The predicted molar refractivity (Wildman–Crippen MR) is 82.1 cm³/mol. The van der Waals surface area contributed by atoms with E-state index in [2.05, 4.69) is 10.6 Å². The van der Waals surface area contributed by atoms with Gasteiger partial charge in [-0.25, -0.2) is 13.6 Å². The molecule has 0 bridgehead atoms. The van der Waals surface area contributed by atoms with Crippen LogP contribution in [0.15, 0.2) is 29.2 Å². The number of hydrogen-bond acceptors (Lipinski definition) is 5. The van der Waals surface area contributed by atoms with Crippen molar-refractivity contribution in [2.24, 2.45) is 5.14 Å². The maximum atomic E-state index is 11.8. The van der Waals surface area contributed by atoms with E-state index in [-0.39, 0.29) is 17.4 Å². The van der Waals surface area contributed by atoms with E-state index in [0.29, 0.717) is 18.7 Å². The van der Waals surface area contributed by atoms with Gasteiger partial charge in [-0.3, -0.25) is 9.59 Å². The first-order valence-electron chi connectivity index (χ1n) is 7.19. The fourth-order valence-corrected chi connectivity index (χ4v) is 2.70. The largest absolute Gasteiger partial charge is 0.484 e. The van der Waals surface area contributed by atoms with Crippen molar-refractivity contribution >= 4 is 21.8 Å². The molecule has 1 aromatic carbocycles. The highest BCUT2D eigenvalue weighted by Gasteiger charge is 2.22. The van der Waals surface area contributed by atoms with Gasteiger partial charge in [-0.1, -0.05) is 0 Å². The molecule has 0 saturated carbocycles. The Morgan fingerprint density at radius 1 is 1.30 bits per heavy atom. The van der Waals surface area contributed by atoms with Gasteiger partial charge in [0, 0.05) is 6.54 Å². The Balaban J connectivity index is 1.85. The number of hydrogen-bond donors (Lipinski definition) is 3. The Kier molecular flexibility index (Phi) is 5.56. The molecule has 0 unspecified atom stereocenters. The zero-order chi connectivity index (χ0) is 16.9. The van der Waals surface area contributed by atoms with E-state index in [0.717, 1.165) is 12.8 Å². The van der Waals surface area contributed by atoms with Crippen molar-refractivity contribution in [3.8, 4) is 5.75 Å². The molecular weight excluding hydrogens is 322 g/mol. The number of benzene rings is 1. The zero-order valence-electron chi connectivity index (χ0n) is 12.4. The topological polar surface area (TPSA) is 128 Å². The molecule has 2 rings (SSSR count). The van der Waals surface area contributed by atoms with Gasteiger partial charge in [0.05, 0.1) is 4.90 Å². The van der Waals surface area contributed by atoms with Crippen LogP contribution in [0.3, 0.4) is 0 Å². The quantitative estimate of drug-likeness (QED) is 0.665. The van der Waals surface area contributed by atoms with Crippen LogP contribution >= 0.6 is 0 Å². The number of nitrogens with two attached hydrogens (primary N) is 1. The summed E-state index contributed by atoms with van der Waals surface area (Å²) in [5, 5.41) is 10.3. The smallest absolute Gasteiger partial charge is 0.258 e. The van der Waals surface area contributed by atoms with Gasteiger partial charge < -0.3 is 15.4 Å². The third-order valence-electron chi connectivity index (χ3n) is 3.39. The van der Waals surface area contributed by atoms with Gasteiger partial charge in [-0.15, -0.1) is 0 Å². The summed E-state index contributed by atoms with van der Waals surface area (Å²) in [5.41, 5.74) is 0. The maximum absolute atomic E-state index is 11.8. The number of nitrogens with one attached hydrogen (secondary N) is 2. The van der Waals surface area contributed by atoms with Gasteiger partial charge in [0.15, 0.2) is 6.61 Å². The lowest BCUT2D eigenvalue weighted by atomic mass is 10.1. The highest BCUT2D eigenvalue weighted by molar-refractivity contribution is 7.89. The van der Waals surface area contributed by atoms with E-state index < -0.39 is 22.0 Å². The highest BCUT2D eigenvalue weighted by Crippen LogP contribution is 2.14. The second kappa shape index (κ2) is 7.42. The molecule has 126 valence electrons. The average molecular weight is 341 g/mol. The van der Waals surface area contributed by atoms with Crippen molar-refractivity contribution in [1.82, 2.24) is 10.6 Å². The number of rotatable bonds is 5. The molecule has 1 aliphatic heterocycles. The minimum Gasteiger partial charge on any atom is -0.484 e. The Labute approximate surface area is 134 Å². The molecule has 1 atom stereocenters. The van der Waals surface area contributed by atoms with Crippen LogP contribution in [0.5, 0.6) is 5.75 Å². The van der Waals surface area contributed by atoms with E-state index in [9.17, 15) is 18.0 Å². The van der Waals surface area contributed by atoms with Crippen molar-refractivity contribution < 1.29 is 22.7 Å². The number of carbonyl (C=O) groups excluding carboxylic acids is 2. The van der Waals surface area contributed by atoms with Crippen molar-refractivity contribution in [2.45, 2.75) is 30.2 Å². The van der Waals surface area contributed by atoms with Crippen molar-refractivity contribution in [3.05, 3.63) is 24.3 Å². The van der Waals surface area contributed by atoms with E-state index in [1.54, 1.807) is 0 Å². The average Bonchev–Trinajstić information content (AvgIpc) is 2.70. The molecule has 2 amide bonds. The molecule has 0 spiro atoms. The number of amides is 2. The van der Waals surface area contributed by atoms with Gasteiger partial charge in [0.2, 0.25) is 15.9 Å².